The molecule has 0 spiro atoms. The van der Waals surface area contributed by atoms with E-state index in [9.17, 15) is 9.59 Å². The Morgan fingerprint density at radius 3 is 2.67 bits per heavy atom. The fraction of sp³-hybridized carbons (Fsp3) is 0.333. The van der Waals surface area contributed by atoms with Crippen LogP contribution in [0.3, 0.4) is 0 Å². The van der Waals surface area contributed by atoms with Gasteiger partial charge in [-0.3, -0.25) is 9.59 Å². The number of carbonyl (C=O) groups is 2. The summed E-state index contributed by atoms with van der Waals surface area (Å²) in [5, 5.41) is 15.7. The van der Waals surface area contributed by atoms with E-state index < -0.39 is 5.97 Å². The summed E-state index contributed by atoms with van der Waals surface area (Å²) in [6, 6.07) is 1.50. The second-order valence-corrected chi connectivity index (χ2v) is 2.84. The zero-order chi connectivity index (χ0) is 11.3. The Morgan fingerprint density at radius 1 is 1.47 bits per heavy atom. The summed E-state index contributed by atoms with van der Waals surface area (Å²) in [5.41, 5.74) is 0.341. The van der Waals surface area contributed by atoms with Crippen LogP contribution in [0, 0.1) is 0 Å². The molecule has 6 nitrogen and oxygen atoms in total. The van der Waals surface area contributed by atoms with Crippen molar-refractivity contribution in [2.24, 2.45) is 0 Å². The van der Waals surface area contributed by atoms with E-state index in [4.69, 9.17) is 5.11 Å². The van der Waals surface area contributed by atoms with Crippen LogP contribution in [0.25, 0.3) is 0 Å². The molecule has 1 aromatic heterocycles. The van der Waals surface area contributed by atoms with Gasteiger partial charge in [0.15, 0.2) is 0 Å². The summed E-state index contributed by atoms with van der Waals surface area (Å²) in [7, 11) is 0. The van der Waals surface area contributed by atoms with Gasteiger partial charge in [0.2, 0.25) is 0 Å². The number of rotatable bonds is 4. The average Bonchev–Trinajstić information content (AvgIpc) is 2.26. The molecule has 15 heavy (non-hydrogen) atoms. The fourth-order valence-corrected chi connectivity index (χ4v) is 1.09. The molecular weight excluding hydrogens is 198 g/mol. The lowest BCUT2D eigenvalue weighted by Gasteiger charge is -2.17. The Hall–Kier alpha value is -1.98. The molecule has 6 heteroatoms. The standard InChI is InChI=1S/C9H11N3O3/c1-2-12(6-8(13)14)9(15)7-3-4-10-11-5-7/h3-5H,2,6H2,1H3,(H,13,14). The van der Waals surface area contributed by atoms with Crippen LogP contribution in [0.1, 0.15) is 17.3 Å². The van der Waals surface area contributed by atoms with Crippen molar-refractivity contribution in [1.29, 1.82) is 0 Å². The number of aliphatic carboxylic acids is 1. The Balaban J connectivity index is 2.78. The lowest BCUT2D eigenvalue weighted by Crippen LogP contribution is -2.35. The molecule has 1 aromatic rings. The number of carbonyl (C=O) groups excluding carboxylic acids is 1. The fourth-order valence-electron chi connectivity index (χ4n) is 1.09. The van der Waals surface area contributed by atoms with Gasteiger partial charge >= 0.3 is 5.97 Å². The second kappa shape index (κ2) is 5.04. The summed E-state index contributed by atoms with van der Waals surface area (Å²) in [5.74, 6) is -1.39. The number of nitrogens with zero attached hydrogens (tertiary/aromatic N) is 3. The smallest absolute Gasteiger partial charge is 0.323 e. The first-order valence-electron chi connectivity index (χ1n) is 4.43. The van der Waals surface area contributed by atoms with Crippen molar-refractivity contribution in [2.75, 3.05) is 13.1 Å². The maximum atomic E-state index is 11.7. The zero-order valence-corrected chi connectivity index (χ0v) is 8.25. The van der Waals surface area contributed by atoms with E-state index in [0.29, 0.717) is 12.1 Å². The lowest BCUT2D eigenvalue weighted by atomic mass is 10.2. The zero-order valence-electron chi connectivity index (χ0n) is 8.25. The maximum Gasteiger partial charge on any atom is 0.323 e. The molecule has 0 aliphatic carbocycles. The highest BCUT2D eigenvalue weighted by Crippen LogP contribution is 2.01. The van der Waals surface area contributed by atoms with Crippen LogP contribution in [0.5, 0.6) is 0 Å². The van der Waals surface area contributed by atoms with Gasteiger partial charge in [-0.1, -0.05) is 0 Å². The SMILES string of the molecule is CCN(CC(=O)O)C(=O)c1ccnnc1. The summed E-state index contributed by atoms with van der Waals surface area (Å²) in [6.45, 7) is 1.75. The molecule has 1 heterocycles. The van der Waals surface area contributed by atoms with E-state index >= 15 is 0 Å². The van der Waals surface area contributed by atoms with Gasteiger partial charge in [-0.25, -0.2) is 0 Å². The van der Waals surface area contributed by atoms with Crippen LogP contribution in [-0.4, -0.2) is 45.2 Å². The summed E-state index contributed by atoms with van der Waals surface area (Å²) >= 11 is 0. The third-order valence-electron chi connectivity index (χ3n) is 1.83. The van der Waals surface area contributed by atoms with Gasteiger partial charge in [0.05, 0.1) is 18.0 Å². The van der Waals surface area contributed by atoms with Gasteiger partial charge in [-0.2, -0.15) is 10.2 Å². The van der Waals surface area contributed by atoms with Crippen LogP contribution < -0.4 is 0 Å². The first kappa shape index (κ1) is 11.1. The minimum Gasteiger partial charge on any atom is -0.480 e. The van der Waals surface area contributed by atoms with Crippen molar-refractivity contribution >= 4 is 11.9 Å². The summed E-state index contributed by atoms with van der Waals surface area (Å²) in [6.07, 6.45) is 2.70. The minimum absolute atomic E-state index is 0.308. The van der Waals surface area contributed by atoms with Crippen molar-refractivity contribution in [3.05, 3.63) is 24.0 Å². The molecule has 0 unspecified atom stereocenters. The molecular formula is C9H11N3O3. The third kappa shape index (κ3) is 3.01. The van der Waals surface area contributed by atoms with E-state index in [2.05, 4.69) is 10.2 Å². The number of amides is 1. The molecule has 0 aliphatic rings. The van der Waals surface area contributed by atoms with Crippen LogP contribution in [0.2, 0.25) is 0 Å². The van der Waals surface area contributed by atoms with Crippen LogP contribution >= 0.6 is 0 Å². The molecule has 0 aliphatic heterocycles. The highest BCUT2D eigenvalue weighted by atomic mass is 16.4. The molecule has 0 saturated heterocycles. The Bertz CT molecular complexity index is 353. The van der Waals surface area contributed by atoms with Crippen LogP contribution in [0.4, 0.5) is 0 Å². The normalized spacial score (nSPS) is 9.67. The third-order valence-corrected chi connectivity index (χ3v) is 1.83. The van der Waals surface area contributed by atoms with E-state index in [-0.39, 0.29) is 12.5 Å². The quantitative estimate of drug-likeness (QED) is 0.755. The molecule has 80 valence electrons. The highest BCUT2D eigenvalue weighted by molar-refractivity contribution is 5.95. The molecule has 0 fully saturated rings. The molecule has 0 bridgehead atoms. The molecule has 1 N–H and O–H groups in total. The first-order chi connectivity index (χ1) is 7.15. The number of hydrogen-bond acceptors (Lipinski definition) is 4. The Labute approximate surface area is 86.5 Å². The van der Waals surface area contributed by atoms with Crippen molar-refractivity contribution < 1.29 is 14.7 Å². The predicted octanol–water partition coefficient (Wildman–Crippen LogP) is 0.0233. The molecule has 0 radical (unpaired) electrons. The van der Waals surface area contributed by atoms with Crippen LogP contribution in [-0.2, 0) is 4.79 Å². The Kier molecular flexibility index (Phi) is 3.73. The van der Waals surface area contributed by atoms with Crippen LogP contribution in [0.15, 0.2) is 18.5 Å². The van der Waals surface area contributed by atoms with Gasteiger partial charge in [0, 0.05) is 6.54 Å². The molecule has 1 amide bonds. The second-order valence-electron chi connectivity index (χ2n) is 2.84. The monoisotopic (exact) mass is 209 g/mol. The van der Waals surface area contributed by atoms with E-state index in [1.165, 1.54) is 23.4 Å². The lowest BCUT2D eigenvalue weighted by molar-refractivity contribution is -0.137. The van der Waals surface area contributed by atoms with E-state index in [0.717, 1.165) is 0 Å². The van der Waals surface area contributed by atoms with Gasteiger partial charge in [0.1, 0.15) is 6.54 Å². The van der Waals surface area contributed by atoms with Gasteiger partial charge in [-0.05, 0) is 13.0 Å². The van der Waals surface area contributed by atoms with Crippen molar-refractivity contribution in [3.63, 3.8) is 0 Å². The van der Waals surface area contributed by atoms with Crippen molar-refractivity contribution in [1.82, 2.24) is 15.1 Å². The van der Waals surface area contributed by atoms with Crippen molar-refractivity contribution in [2.45, 2.75) is 6.92 Å². The van der Waals surface area contributed by atoms with Gasteiger partial charge in [0.25, 0.3) is 5.91 Å². The largest absolute Gasteiger partial charge is 0.480 e. The molecule has 0 aromatic carbocycles. The number of likely N-dealkylation sites (N-methyl/N-ethyl adjacent to an activating group) is 1. The van der Waals surface area contributed by atoms with E-state index in [1.54, 1.807) is 6.92 Å². The maximum absolute atomic E-state index is 11.7. The summed E-state index contributed by atoms with van der Waals surface area (Å²) < 4.78 is 0. The number of carboxylic acids is 1. The number of aromatic nitrogens is 2. The molecule has 0 atom stereocenters. The number of carboxylic acid groups (broad SMARTS) is 1. The Morgan fingerprint density at radius 2 is 2.20 bits per heavy atom. The van der Waals surface area contributed by atoms with Gasteiger partial charge < -0.3 is 10.0 Å². The predicted molar refractivity (Wildman–Crippen MR) is 51.2 cm³/mol. The first-order valence-corrected chi connectivity index (χ1v) is 4.43. The highest BCUT2D eigenvalue weighted by Gasteiger charge is 2.16. The average molecular weight is 209 g/mol. The minimum atomic E-state index is -1.03. The molecule has 0 saturated carbocycles. The molecule has 1 rings (SSSR count). The van der Waals surface area contributed by atoms with Crippen molar-refractivity contribution in [3.8, 4) is 0 Å². The van der Waals surface area contributed by atoms with Gasteiger partial charge in [-0.15, -0.1) is 0 Å². The number of hydrogen-bond donors (Lipinski definition) is 1. The van der Waals surface area contributed by atoms with E-state index in [1.807, 2.05) is 0 Å². The topological polar surface area (TPSA) is 83.4 Å². The summed E-state index contributed by atoms with van der Waals surface area (Å²) in [4.78, 5) is 23.4.